The number of amides is 1. The highest BCUT2D eigenvalue weighted by Gasteiger charge is 2.31. The molecule has 8 nitrogen and oxygen atoms in total. The van der Waals surface area contributed by atoms with E-state index in [1.807, 2.05) is 18.7 Å². The number of hydrogen-bond donors (Lipinski definition) is 2. The Morgan fingerprint density at radius 3 is 2.26 bits per heavy atom. The monoisotopic (exact) mass is 658 g/mol. The van der Waals surface area contributed by atoms with Crippen molar-refractivity contribution in [1.82, 2.24) is 20.0 Å². The Kier molecular flexibility index (Phi) is 11.4. The van der Waals surface area contributed by atoms with Crippen molar-refractivity contribution >= 4 is 23.6 Å². The Bertz CT molecular complexity index is 1650. The Balaban J connectivity index is 1.72. The molecule has 0 saturated carbocycles. The summed E-state index contributed by atoms with van der Waals surface area (Å²) in [5, 5.41) is 15.9. The number of likely N-dealkylation sites (tertiary alicyclic amines) is 1. The van der Waals surface area contributed by atoms with Gasteiger partial charge in [0.25, 0.3) is 11.5 Å². The molecule has 46 heavy (non-hydrogen) atoms. The Morgan fingerprint density at radius 2 is 1.67 bits per heavy atom. The first kappa shape index (κ1) is 35.2. The molecule has 1 fully saturated rings. The minimum absolute atomic E-state index is 0.0351. The summed E-state index contributed by atoms with van der Waals surface area (Å²) in [6.07, 6.45) is -1.02. The zero-order chi connectivity index (χ0) is 33.9. The SMILES string of the molecule is Cc1cc(=O)n([C@@H](SCC(C)C)C(=O)N[C@@H](CC(=O)O)c2cc(-c3c(C)cc(F)cc3C)cc(C)c2F)nc1CCN1CC(F)C1. The molecular formula is C34H41F3N4O4S. The molecule has 248 valence electrons. The molecule has 0 radical (unpaired) electrons. The van der Waals surface area contributed by atoms with Crippen molar-refractivity contribution in [2.75, 3.05) is 25.4 Å². The summed E-state index contributed by atoms with van der Waals surface area (Å²) in [6.45, 7) is 11.9. The molecule has 3 aromatic rings. The van der Waals surface area contributed by atoms with Crippen molar-refractivity contribution in [2.45, 2.75) is 72.0 Å². The van der Waals surface area contributed by atoms with Crippen LogP contribution in [-0.2, 0) is 16.0 Å². The number of carbonyl (C=O) groups is 2. The molecule has 12 heteroatoms. The Morgan fingerprint density at radius 1 is 1.02 bits per heavy atom. The van der Waals surface area contributed by atoms with Gasteiger partial charge in [-0.05, 0) is 97.0 Å². The van der Waals surface area contributed by atoms with Crippen LogP contribution in [0.1, 0.15) is 65.2 Å². The van der Waals surface area contributed by atoms with Gasteiger partial charge in [-0.1, -0.05) is 13.8 Å². The van der Waals surface area contributed by atoms with E-state index in [0.29, 0.717) is 65.3 Å². The molecule has 1 aliphatic heterocycles. The van der Waals surface area contributed by atoms with Crippen molar-refractivity contribution < 1.29 is 27.9 Å². The molecule has 1 aromatic heterocycles. The lowest BCUT2D eigenvalue weighted by Gasteiger charge is -2.34. The van der Waals surface area contributed by atoms with E-state index in [9.17, 15) is 28.3 Å². The standard InChI is InChI=1S/C34H41F3N4O4S/c1-18(2)17-46-34(41-29(42)12-19(3)27(39-41)7-8-40-15-25(36)16-40)33(45)38-28(14-30(43)44)26-13-23(9-22(6)32(26)37)31-20(4)10-24(35)11-21(31)5/h9-13,18,25,28,34H,7-8,14-17H2,1-6H3,(H,38,45)(H,43,44)/t28-,34-/m0/s1. The van der Waals surface area contributed by atoms with Crippen molar-refractivity contribution in [3.05, 3.63) is 85.8 Å². The normalized spacial score (nSPS) is 15.1. The third-order valence-corrected chi connectivity index (χ3v) is 9.59. The topological polar surface area (TPSA) is 105 Å². The van der Waals surface area contributed by atoms with Crippen LogP contribution in [0, 0.1) is 45.2 Å². The second-order valence-electron chi connectivity index (χ2n) is 12.5. The van der Waals surface area contributed by atoms with Gasteiger partial charge < -0.3 is 10.4 Å². The fourth-order valence-electron chi connectivity index (χ4n) is 5.72. The third kappa shape index (κ3) is 8.38. The highest BCUT2D eigenvalue weighted by Crippen LogP contribution is 2.34. The molecule has 2 heterocycles. The number of aliphatic carboxylic acids is 1. The predicted molar refractivity (Wildman–Crippen MR) is 174 cm³/mol. The molecule has 2 N–H and O–H groups in total. The predicted octanol–water partition coefficient (Wildman–Crippen LogP) is 5.84. The molecule has 0 aliphatic carbocycles. The van der Waals surface area contributed by atoms with E-state index in [2.05, 4.69) is 10.4 Å². The number of carboxylic acid groups (broad SMARTS) is 1. The number of aryl methyl sites for hydroxylation is 4. The van der Waals surface area contributed by atoms with Crippen LogP contribution in [-0.4, -0.2) is 63.2 Å². The molecule has 0 bridgehead atoms. The largest absolute Gasteiger partial charge is 0.481 e. The van der Waals surface area contributed by atoms with E-state index < -0.39 is 53.1 Å². The van der Waals surface area contributed by atoms with Gasteiger partial charge in [-0.25, -0.2) is 17.9 Å². The van der Waals surface area contributed by atoms with E-state index in [1.54, 1.807) is 33.8 Å². The first-order valence-electron chi connectivity index (χ1n) is 15.3. The molecule has 0 spiro atoms. The summed E-state index contributed by atoms with van der Waals surface area (Å²) in [7, 11) is 0. The maximum atomic E-state index is 15.8. The molecule has 2 aromatic carbocycles. The van der Waals surface area contributed by atoms with Crippen LogP contribution in [0.25, 0.3) is 11.1 Å². The number of carbonyl (C=O) groups excluding carboxylic acids is 1. The van der Waals surface area contributed by atoms with Gasteiger partial charge in [0.15, 0.2) is 5.37 Å². The number of halogens is 3. The fourth-order valence-corrected chi connectivity index (χ4v) is 6.80. The zero-order valence-corrected chi connectivity index (χ0v) is 27.8. The van der Waals surface area contributed by atoms with E-state index in [0.717, 1.165) is 4.68 Å². The second kappa shape index (κ2) is 14.8. The first-order valence-corrected chi connectivity index (χ1v) is 16.4. The molecule has 1 saturated heterocycles. The maximum Gasteiger partial charge on any atom is 0.305 e. The van der Waals surface area contributed by atoms with Crippen LogP contribution in [0.4, 0.5) is 13.2 Å². The highest BCUT2D eigenvalue weighted by molar-refractivity contribution is 8.00. The molecule has 4 rings (SSSR count). The third-order valence-electron chi connectivity index (χ3n) is 8.00. The fraction of sp³-hybridized carbons (Fsp3) is 0.471. The second-order valence-corrected chi connectivity index (χ2v) is 13.6. The summed E-state index contributed by atoms with van der Waals surface area (Å²) in [5.41, 5.74) is 3.41. The van der Waals surface area contributed by atoms with Crippen LogP contribution in [0.5, 0.6) is 0 Å². The van der Waals surface area contributed by atoms with Crippen molar-refractivity contribution in [1.29, 1.82) is 0 Å². The molecule has 2 atom stereocenters. The average molecular weight is 659 g/mol. The molecular weight excluding hydrogens is 617 g/mol. The smallest absolute Gasteiger partial charge is 0.305 e. The van der Waals surface area contributed by atoms with Gasteiger partial charge in [0.1, 0.15) is 17.8 Å². The first-order chi connectivity index (χ1) is 21.6. The molecule has 0 unspecified atom stereocenters. The Hall–Kier alpha value is -3.64. The summed E-state index contributed by atoms with van der Waals surface area (Å²) in [6, 6.07) is 5.96. The zero-order valence-electron chi connectivity index (χ0n) is 27.0. The van der Waals surface area contributed by atoms with Gasteiger partial charge in [0, 0.05) is 37.7 Å². The number of nitrogens with one attached hydrogen (secondary N) is 1. The average Bonchev–Trinajstić information content (AvgIpc) is 2.92. The van der Waals surface area contributed by atoms with Crippen LogP contribution in [0.2, 0.25) is 0 Å². The lowest BCUT2D eigenvalue weighted by Crippen LogP contribution is -2.49. The minimum atomic E-state index is -1.28. The minimum Gasteiger partial charge on any atom is -0.481 e. The summed E-state index contributed by atoms with van der Waals surface area (Å²) < 4.78 is 44.2. The van der Waals surface area contributed by atoms with Gasteiger partial charge >= 0.3 is 5.97 Å². The van der Waals surface area contributed by atoms with E-state index in [-0.39, 0.29) is 17.0 Å². The van der Waals surface area contributed by atoms with Crippen molar-refractivity contribution in [3.63, 3.8) is 0 Å². The van der Waals surface area contributed by atoms with Gasteiger partial charge in [-0.2, -0.15) is 5.10 Å². The molecule has 1 aliphatic rings. The van der Waals surface area contributed by atoms with Crippen molar-refractivity contribution in [3.8, 4) is 11.1 Å². The van der Waals surface area contributed by atoms with Crippen LogP contribution in [0.3, 0.4) is 0 Å². The van der Waals surface area contributed by atoms with E-state index in [1.165, 1.54) is 36.0 Å². The summed E-state index contributed by atoms with van der Waals surface area (Å²) in [4.78, 5) is 41.2. The van der Waals surface area contributed by atoms with Crippen molar-refractivity contribution in [2.24, 2.45) is 5.92 Å². The highest BCUT2D eigenvalue weighted by atomic mass is 32.2. The quantitative estimate of drug-likeness (QED) is 0.238. The van der Waals surface area contributed by atoms with Crippen LogP contribution < -0.4 is 10.9 Å². The number of nitrogens with zero attached hydrogens (tertiary/aromatic N) is 3. The molecule has 1 amide bonds. The lowest BCUT2D eigenvalue weighted by atomic mass is 9.90. The Labute approximate surface area is 271 Å². The van der Waals surface area contributed by atoms with Crippen LogP contribution in [0.15, 0.2) is 35.1 Å². The number of alkyl halides is 1. The summed E-state index contributed by atoms with van der Waals surface area (Å²) >= 11 is 1.18. The number of thioether (sulfide) groups is 1. The van der Waals surface area contributed by atoms with E-state index >= 15 is 4.39 Å². The number of aromatic nitrogens is 2. The van der Waals surface area contributed by atoms with Crippen LogP contribution >= 0.6 is 11.8 Å². The van der Waals surface area contributed by atoms with Gasteiger partial charge in [0.05, 0.1) is 18.2 Å². The number of carboxylic acids is 1. The lowest BCUT2D eigenvalue weighted by molar-refractivity contribution is -0.137. The van der Waals surface area contributed by atoms with Gasteiger partial charge in [0.2, 0.25) is 0 Å². The summed E-state index contributed by atoms with van der Waals surface area (Å²) in [5.74, 6) is -2.40. The number of rotatable bonds is 13. The van der Waals surface area contributed by atoms with Gasteiger partial charge in [-0.3, -0.25) is 19.3 Å². The van der Waals surface area contributed by atoms with E-state index in [4.69, 9.17) is 0 Å². The number of benzene rings is 2. The van der Waals surface area contributed by atoms with Gasteiger partial charge in [-0.15, -0.1) is 11.8 Å². The number of hydrogen-bond acceptors (Lipinski definition) is 6. The maximum absolute atomic E-state index is 15.8.